The van der Waals surface area contributed by atoms with Crippen LogP contribution in [0.2, 0.25) is 5.02 Å². The van der Waals surface area contributed by atoms with Crippen LogP contribution in [0.1, 0.15) is 30.4 Å². The molecule has 0 saturated heterocycles. The van der Waals surface area contributed by atoms with Gasteiger partial charge in [-0.2, -0.15) is 0 Å². The van der Waals surface area contributed by atoms with Gasteiger partial charge in [-0.15, -0.1) is 0 Å². The second kappa shape index (κ2) is 4.12. The van der Waals surface area contributed by atoms with Crippen LogP contribution in [0.3, 0.4) is 0 Å². The molecule has 0 amide bonds. The van der Waals surface area contributed by atoms with Gasteiger partial charge in [0, 0.05) is 17.7 Å². The average Bonchev–Trinajstić information content (AvgIpc) is 2.15. The molecule has 0 aromatic heterocycles. The van der Waals surface area contributed by atoms with E-state index in [1.807, 2.05) is 18.2 Å². The van der Waals surface area contributed by atoms with Gasteiger partial charge in [0.05, 0.1) is 6.61 Å². The summed E-state index contributed by atoms with van der Waals surface area (Å²) in [5.74, 6) is 0. The minimum atomic E-state index is -0.140. The highest BCUT2D eigenvalue weighted by Crippen LogP contribution is 2.40. The van der Waals surface area contributed by atoms with Gasteiger partial charge in [0.2, 0.25) is 0 Å². The molecule has 1 aromatic carbocycles. The molecule has 15 heavy (non-hydrogen) atoms. The third kappa shape index (κ3) is 2.03. The average molecular weight is 226 g/mol. The van der Waals surface area contributed by atoms with E-state index < -0.39 is 0 Å². The van der Waals surface area contributed by atoms with Crippen LogP contribution in [-0.4, -0.2) is 7.11 Å². The van der Waals surface area contributed by atoms with Gasteiger partial charge in [0.15, 0.2) is 0 Å². The van der Waals surface area contributed by atoms with Crippen molar-refractivity contribution >= 4 is 11.6 Å². The molecule has 2 N–H and O–H groups in total. The van der Waals surface area contributed by atoms with Crippen molar-refractivity contribution in [3.05, 3.63) is 34.3 Å². The van der Waals surface area contributed by atoms with Gasteiger partial charge in [-0.1, -0.05) is 17.7 Å². The predicted octanol–water partition coefficient (Wildman–Crippen LogP) is 2.82. The van der Waals surface area contributed by atoms with E-state index >= 15 is 0 Å². The monoisotopic (exact) mass is 225 g/mol. The minimum absolute atomic E-state index is 0.140. The Morgan fingerprint density at radius 3 is 2.73 bits per heavy atom. The van der Waals surface area contributed by atoms with E-state index in [0.29, 0.717) is 6.61 Å². The Hall–Kier alpha value is -0.570. The normalized spacial score (nSPS) is 18.6. The maximum atomic E-state index is 6.31. The van der Waals surface area contributed by atoms with Crippen LogP contribution in [0.4, 0.5) is 0 Å². The summed E-state index contributed by atoms with van der Waals surface area (Å²) in [4.78, 5) is 0. The Kier molecular flexibility index (Phi) is 3.01. The summed E-state index contributed by atoms with van der Waals surface area (Å²) in [7, 11) is 1.69. The van der Waals surface area contributed by atoms with Crippen LogP contribution in [0.25, 0.3) is 0 Å². The fourth-order valence-corrected chi connectivity index (χ4v) is 2.34. The number of rotatable bonds is 3. The van der Waals surface area contributed by atoms with Gasteiger partial charge in [-0.3, -0.25) is 0 Å². The lowest BCUT2D eigenvalue weighted by molar-refractivity contribution is 0.178. The molecule has 1 aliphatic rings. The largest absolute Gasteiger partial charge is 0.380 e. The van der Waals surface area contributed by atoms with E-state index in [0.717, 1.165) is 23.4 Å². The van der Waals surface area contributed by atoms with Crippen molar-refractivity contribution in [3.8, 4) is 0 Å². The fourth-order valence-electron chi connectivity index (χ4n) is 2.15. The van der Waals surface area contributed by atoms with E-state index in [-0.39, 0.29) is 5.54 Å². The SMILES string of the molecule is COCc1cc(Cl)ccc1C1(N)CCC1. The summed E-state index contributed by atoms with van der Waals surface area (Å²) in [5, 5.41) is 0.744. The lowest BCUT2D eigenvalue weighted by Gasteiger charge is -2.40. The maximum absolute atomic E-state index is 6.31. The first-order valence-corrected chi connectivity index (χ1v) is 5.60. The van der Waals surface area contributed by atoms with Crippen molar-refractivity contribution in [2.75, 3.05) is 7.11 Å². The van der Waals surface area contributed by atoms with E-state index in [2.05, 4.69) is 0 Å². The summed E-state index contributed by atoms with van der Waals surface area (Å²) in [5.41, 5.74) is 8.48. The Bertz CT molecular complexity index is 361. The number of benzene rings is 1. The topological polar surface area (TPSA) is 35.2 Å². The third-order valence-corrected chi connectivity index (χ3v) is 3.38. The quantitative estimate of drug-likeness (QED) is 0.859. The van der Waals surface area contributed by atoms with E-state index in [4.69, 9.17) is 22.1 Å². The van der Waals surface area contributed by atoms with Crippen LogP contribution in [0.5, 0.6) is 0 Å². The van der Waals surface area contributed by atoms with E-state index in [1.54, 1.807) is 7.11 Å². The van der Waals surface area contributed by atoms with Crippen molar-refractivity contribution in [2.45, 2.75) is 31.4 Å². The Morgan fingerprint density at radius 1 is 1.47 bits per heavy atom. The molecule has 0 heterocycles. The fraction of sp³-hybridized carbons (Fsp3) is 0.500. The Balaban J connectivity index is 2.36. The second-order valence-electron chi connectivity index (χ2n) is 4.24. The number of halogens is 1. The van der Waals surface area contributed by atoms with Crippen LogP contribution >= 0.6 is 11.6 Å². The highest BCUT2D eigenvalue weighted by Gasteiger charge is 2.35. The highest BCUT2D eigenvalue weighted by atomic mass is 35.5. The molecule has 3 heteroatoms. The molecule has 1 saturated carbocycles. The van der Waals surface area contributed by atoms with Gasteiger partial charge >= 0.3 is 0 Å². The van der Waals surface area contributed by atoms with Crippen LogP contribution in [0.15, 0.2) is 18.2 Å². The van der Waals surface area contributed by atoms with Crippen LogP contribution in [0, 0.1) is 0 Å². The lowest BCUT2D eigenvalue weighted by Crippen LogP contribution is -2.44. The smallest absolute Gasteiger partial charge is 0.0716 e. The predicted molar refractivity (Wildman–Crippen MR) is 61.9 cm³/mol. The summed E-state index contributed by atoms with van der Waals surface area (Å²) >= 11 is 5.97. The zero-order chi connectivity index (χ0) is 10.9. The minimum Gasteiger partial charge on any atom is -0.380 e. The lowest BCUT2D eigenvalue weighted by atomic mass is 9.71. The summed E-state index contributed by atoms with van der Waals surface area (Å²) in [6, 6.07) is 5.89. The molecule has 1 aromatic rings. The molecule has 82 valence electrons. The first-order valence-electron chi connectivity index (χ1n) is 5.22. The molecule has 0 radical (unpaired) electrons. The van der Waals surface area contributed by atoms with Gasteiger partial charge in [0.25, 0.3) is 0 Å². The maximum Gasteiger partial charge on any atom is 0.0716 e. The van der Waals surface area contributed by atoms with Gasteiger partial charge in [0.1, 0.15) is 0 Å². The summed E-state index contributed by atoms with van der Waals surface area (Å²) in [6.45, 7) is 0.578. The molecule has 0 unspecified atom stereocenters. The molecular weight excluding hydrogens is 210 g/mol. The summed E-state index contributed by atoms with van der Waals surface area (Å²) < 4.78 is 5.17. The molecule has 0 atom stereocenters. The molecule has 2 rings (SSSR count). The highest BCUT2D eigenvalue weighted by molar-refractivity contribution is 6.30. The van der Waals surface area contributed by atoms with E-state index in [1.165, 1.54) is 12.0 Å². The Labute approximate surface area is 95.4 Å². The Morgan fingerprint density at radius 2 is 2.20 bits per heavy atom. The van der Waals surface area contributed by atoms with Crippen LogP contribution in [-0.2, 0) is 16.9 Å². The number of hydrogen-bond acceptors (Lipinski definition) is 2. The third-order valence-electron chi connectivity index (χ3n) is 3.15. The molecule has 1 aliphatic carbocycles. The number of nitrogens with two attached hydrogens (primary N) is 1. The van der Waals surface area contributed by atoms with Crippen molar-refractivity contribution < 1.29 is 4.74 Å². The molecular formula is C12H16ClNO. The van der Waals surface area contributed by atoms with Gasteiger partial charge < -0.3 is 10.5 Å². The zero-order valence-corrected chi connectivity index (χ0v) is 9.68. The number of hydrogen-bond donors (Lipinski definition) is 1. The molecule has 1 fully saturated rings. The van der Waals surface area contributed by atoms with Gasteiger partial charge in [-0.05, 0) is 42.5 Å². The standard InChI is InChI=1S/C12H16ClNO/c1-15-8-9-7-10(13)3-4-11(9)12(14)5-2-6-12/h3-4,7H,2,5-6,8,14H2,1H3. The van der Waals surface area contributed by atoms with Crippen molar-refractivity contribution in [1.29, 1.82) is 0 Å². The molecule has 0 aliphatic heterocycles. The van der Waals surface area contributed by atoms with Crippen LogP contribution < -0.4 is 5.73 Å². The summed E-state index contributed by atoms with van der Waals surface area (Å²) in [6.07, 6.45) is 3.34. The zero-order valence-electron chi connectivity index (χ0n) is 8.92. The number of methoxy groups -OCH3 is 1. The molecule has 2 nitrogen and oxygen atoms in total. The molecule has 0 spiro atoms. The number of ether oxygens (including phenoxy) is 1. The second-order valence-corrected chi connectivity index (χ2v) is 4.68. The first kappa shape index (κ1) is 10.9. The molecule has 0 bridgehead atoms. The van der Waals surface area contributed by atoms with E-state index in [9.17, 15) is 0 Å². The first-order chi connectivity index (χ1) is 7.15. The van der Waals surface area contributed by atoms with Crippen molar-refractivity contribution in [2.24, 2.45) is 5.73 Å². The van der Waals surface area contributed by atoms with Crippen molar-refractivity contribution in [3.63, 3.8) is 0 Å². The van der Waals surface area contributed by atoms with Gasteiger partial charge in [-0.25, -0.2) is 0 Å². The van der Waals surface area contributed by atoms with Crippen molar-refractivity contribution in [1.82, 2.24) is 0 Å².